The lowest BCUT2D eigenvalue weighted by Crippen LogP contribution is -2.43. The maximum Gasteiger partial charge on any atom is 0.410 e. The number of anilines is 1. The van der Waals surface area contributed by atoms with E-state index in [0.717, 1.165) is 12.8 Å². The third-order valence-corrected chi connectivity index (χ3v) is 5.82. The summed E-state index contributed by atoms with van der Waals surface area (Å²) < 4.78 is 16.9. The van der Waals surface area contributed by atoms with Crippen LogP contribution in [0, 0.1) is 11.8 Å². The topological polar surface area (TPSA) is 187 Å². The Morgan fingerprint density at radius 3 is 2.78 bits per heavy atom. The van der Waals surface area contributed by atoms with Crippen molar-refractivity contribution in [3.8, 4) is 11.8 Å². The molecule has 1 saturated carbocycles. The third kappa shape index (κ3) is 5.49. The van der Waals surface area contributed by atoms with Crippen molar-refractivity contribution in [3.05, 3.63) is 12.2 Å². The molecule has 5 N–H and O–H groups in total. The number of fused-ring (bicyclic) bond motifs is 1. The van der Waals surface area contributed by atoms with Gasteiger partial charge in [-0.15, -0.1) is 0 Å². The molecule has 0 aromatic carbocycles. The monoisotopic (exact) mass is 503 g/mol. The Balaban J connectivity index is 1.54. The quantitative estimate of drug-likeness (QED) is 0.249. The molecule has 14 heteroatoms. The first-order valence-electron chi connectivity index (χ1n) is 11.5. The van der Waals surface area contributed by atoms with Gasteiger partial charge in [0.05, 0.1) is 20.0 Å². The zero-order valence-electron chi connectivity index (χ0n) is 20.0. The summed E-state index contributed by atoms with van der Waals surface area (Å²) in [6.45, 7) is 0.929. The molecule has 0 radical (unpaired) electrons. The molecule has 4 atom stereocenters. The highest BCUT2D eigenvalue weighted by Gasteiger charge is 2.48. The average molecular weight is 504 g/mol. The van der Waals surface area contributed by atoms with Gasteiger partial charge in [-0.2, -0.15) is 0 Å². The number of imidazole rings is 1. The van der Waals surface area contributed by atoms with Crippen molar-refractivity contribution in [2.45, 2.75) is 49.8 Å². The Bertz CT molecular complexity index is 1170. The number of aliphatic hydroxyl groups excluding tert-OH is 2. The largest absolute Gasteiger partial charge is 0.453 e. The van der Waals surface area contributed by atoms with Crippen LogP contribution in [-0.2, 0) is 19.0 Å². The molecule has 2 aliphatic rings. The van der Waals surface area contributed by atoms with Crippen molar-refractivity contribution in [2.75, 3.05) is 39.6 Å². The van der Waals surface area contributed by atoms with E-state index in [1.807, 2.05) is 0 Å². The molecule has 2 amide bonds. The predicted octanol–water partition coefficient (Wildman–Crippen LogP) is -1.24. The Labute approximate surface area is 206 Å². The van der Waals surface area contributed by atoms with Gasteiger partial charge in [-0.3, -0.25) is 14.3 Å². The Morgan fingerprint density at radius 2 is 2.08 bits per heavy atom. The highest BCUT2D eigenvalue weighted by Crippen LogP contribution is 2.33. The first kappa shape index (κ1) is 25.6. The number of rotatable bonds is 8. The summed E-state index contributed by atoms with van der Waals surface area (Å²) in [4.78, 5) is 38.5. The van der Waals surface area contributed by atoms with E-state index >= 15 is 0 Å². The fraction of sp³-hybridized carbons (Fsp3) is 0.591. The van der Waals surface area contributed by atoms with Gasteiger partial charge in [0.1, 0.15) is 17.7 Å². The number of methoxy groups -OCH3 is 2. The molecule has 0 bridgehead atoms. The van der Waals surface area contributed by atoms with E-state index in [-0.39, 0.29) is 35.4 Å². The van der Waals surface area contributed by atoms with Gasteiger partial charge < -0.3 is 35.5 Å². The fourth-order valence-electron chi connectivity index (χ4n) is 3.78. The normalized spacial score (nSPS) is 23.2. The van der Waals surface area contributed by atoms with Crippen LogP contribution in [0.2, 0.25) is 0 Å². The number of amides is 2. The molecular formula is C22H29N7O7. The molecule has 194 valence electrons. The lowest BCUT2D eigenvalue weighted by atomic mass is 10.1. The van der Waals surface area contributed by atoms with Crippen molar-refractivity contribution in [1.29, 1.82) is 0 Å². The fourth-order valence-corrected chi connectivity index (χ4v) is 3.78. The number of hydrogen-bond donors (Lipinski definition) is 4. The number of carbonyl (C=O) groups excluding carboxylic acids is 2. The predicted molar refractivity (Wildman–Crippen MR) is 124 cm³/mol. The van der Waals surface area contributed by atoms with Gasteiger partial charge in [-0.05, 0) is 25.2 Å². The molecule has 3 heterocycles. The number of nitrogens with two attached hydrogens (primary N) is 1. The third-order valence-electron chi connectivity index (χ3n) is 5.82. The highest BCUT2D eigenvalue weighted by molar-refractivity contribution is 5.83. The van der Waals surface area contributed by atoms with Crippen LogP contribution in [0.15, 0.2) is 6.33 Å². The number of nitrogen functional groups attached to an aromatic ring is 1. The summed E-state index contributed by atoms with van der Waals surface area (Å²) in [5.74, 6) is 5.21. The summed E-state index contributed by atoms with van der Waals surface area (Å²) in [7, 11) is 2.86. The Kier molecular flexibility index (Phi) is 7.85. The van der Waals surface area contributed by atoms with E-state index in [9.17, 15) is 19.8 Å². The molecular weight excluding hydrogens is 474 g/mol. The highest BCUT2D eigenvalue weighted by atomic mass is 16.6. The van der Waals surface area contributed by atoms with Crippen LogP contribution in [-0.4, -0.2) is 105 Å². The van der Waals surface area contributed by atoms with Crippen LogP contribution in [0.4, 0.5) is 10.6 Å². The zero-order chi connectivity index (χ0) is 25.8. The zero-order valence-corrected chi connectivity index (χ0v) is 20.0. The standard InChI is InChI=1S/C22H29N7O7/c1-34-10-4-9-28(22(33)35-2)8-3-5-13-26-18(23)14-19(27-13)29(11-24-14)21-16(31)15(30)17(36-21)20(32)25-12-6-7-12/h11-12,15-17,21,30-31H,4,6-10H2,1-2H3,(H,25,32)(H2,23,26,27)/t15?,16-,17-,21+/m0/s1. The van der Waals surface area contributed by atoms with Gasteiger partial charge in [0.15, 0.2) is 23.8 Å². The van der Waals surface area contributed by atoms with E-state index in [0.29, 0.717) is 19.6 Å². The van der Waals surface area contributed by atoms with Gasteiger partial charge in [0, 0.05) is 26.3 Å². The first-order valence-corrected chi connectivity index (χ1v) is 11.5. The number of carbonyl (C=O) groups is 2. The second-order valence-corrected chi connectivity index (χ2v) is 8.51. The van der Waals surface area contributed by atoms with Gasteiger partial charge >= 0.3 is 6.09 Å². The first-order chi connectivity index (χ1) is 17.3. The smallest absolute Gasteiger partial charge is 0.410 e. The van der Waals surface area contributed by atoms with E-state index < -0.39 is 36.5 Å². The molecule has 1 aliphatic heterocycles. The lowest BCUT2D eigenvalue weighted by molar-refractivity contribution is -0.137. The maximum absolute atomic E-state index is 12.4. The van der Waals surface area contributed by atoms with Crippen molar-refractivity contribution in [3.63, 3.8) is 0 Å². The summed E-state index contributed by atoms with van der Waals surface area (Å²) in [6, 6.07) is 0.0716. The van der Waals surface area contributed by atoms with Crippen LogP contribution in [0.25, 0.3) is 11.2 Å². The number of aliphatic hydroxyl groups is 2. The number of nitrogens with one attached hydrogen (secondary N) is 1. The molecule has 0 spiro atoms. The maximum atomic E-state index is 12.4. The Hall–Kier alpha value is -3.51. The summed E-state index contributed by atoms with van der Waals surface area (Å²) in [5.41, 5.74) is 6.49. The lowest BCUT2D eigenvalue weighted by Gasteiger charge is -2.18. The summed E-state index contributed by atoms with van der Waals surface area (Å²) >= 11 is 0. The molecule has 2 aromatic rings. The molecule has 2 fully saturated rings. The van der Waals surface area contributed by atoms with Gasteiger partial charge in [0.25, 0.3) is 5.91 Å². The van der Waals surface area contributed by atoms with Gasteiger partial charge in [-0.25, -0.2) is 19.7 Å². The number of hydrogen-bond acceptors (Lipinski definition) is 11. The molecule has 1 saturated heterocycles. The average Bonchev–Trinajstić information content (AvgIpc) is 3.50. The second-order valence-electron chi connectivity index (χ2n) is 8.51. The molecule has 4 rings (SSSR count). The Morgan fingerprint density at radius 1 is 1.31 bits per heavy atom. The van der Waals surface area contributed by atoms with E-state index in [1.165, 1.54) is 22.9 Å². The van der Waals surface area contributed by atoms with Gasteiger partial charge in [0.2, 0.25) is 5.82 Å². The minimum atomic E-state index is -1.44. The van der Waals surface area contributed by atoms with Crippen LogP contribution < -0.4 is 11.1 Å². The summed E-state index contributed by atoms with van der Waals surface area (Å²) in [5, 5.41) is 23.8. The number of nitrogens with zero attached hydrogens (tertiary/aromatic N) is 5. The van der Waals surface area contributed by atoms with Crippen LogP contribution >= 0.6 is 0 Å². The summed E-state index contributed by atoms with van der Waals surface area (Å²) in [6.07, 6.45) is -2.07. The second kappa shape index (κ2) is 11.0. The van der Waals surface area contributed by atoms with Crippen LogP contribution in [0.5, 0.6) is 0 Å². The SMILES string of the molecule is COCCCN(CC#Cc1nc(N)c2ncn([C@@H]3O[C@H](C(=O)NC4CC4)C(O)[C@@H]3O)c2n1)C(=O)OC. The molecule has 2 aromatic heterocycles. The van der Waals surface area contributed by atoms with Gasteiger partial charge in [-0.1, -0.05) is 5.92 Å². The number of ether oxygens (including phenoxy) is 3. The van der Waals surface area contributed by atoms with Crippen molar-refractivity contribution < 1.29 is 34.0 Å². The molecule has 1 unspecified atom stereocenters. The van der Waals surface area contributed by atoms with Crippen LogP contribution in [0.3, 0.4) is 0 Å². The van der Waals surface area contributed by atoms with Crippen molar-refractivity contribution in [2.24, 2.45) is 0 Å². The van der Waals surface area contributed by atoms with Crippen molar-refractivity contribution in [1.82, 2.24) is 29.7 Å². The molecule has 1 aliphatic carbocycles. The van der Waals surface area contributed by atoms with Crippen molar-refractivity contribution >= 4 is 29.0 Å². The number of aromatic nitrogens is 4. The molecule has 14 nitrogen and oxygen atoms in total. The van der Waals surface area contributed by atoms with E-state index in [1.54, 1.807) is 7.11 Å². The van der Waals surface area contributed by atoms with E-state index in [2.05, 4.69) is 32.1 Å². The molecule has 36 heavy (non-hydrogen) atoms. The minimum absolute atomic E-state index is 0.0454. The minimum Gasteiger partial charge on any atom is -0.453 e. The van der Waals surface area contributed by atoms with Crippen LogP contribution in [0.1, 0.15) is 31.3 Å². The van der Waals surface area contributed by atoms with E-state index in [4.69, 9.17) is 19.9 Å².